The molecule has 2 amide bonds. The van der Waals surface area contributed by atoms with Gasteiger partial charge in [-0.1, -0.05) is 6.07 Å². The fourth-order valence-electron chi connectivity index (χ4n) is 4.48. The number of nitrogens with one attached hydrogen (secondary N) is 2. The van der Waals surface area contributed by atoms with E-state index in [1.165, 1.54) is 17.3 Å². The number of carbonyl (C=O) groups excluding carboxylic acids is 2. The molecule has 2 atom stereocenters. The maximum absolute atomic E-state index is 14.4. The van der Waals surface area contributed by atoms with Gasteiger partial charge in [-0.25, -0.2) is 14.4 Å². The number of hydrogen-bond donors (Lipinski definition) is 2. The number of rotatable bonds is 6. The van der Waals surface area contributed by atoms with Crippen LogP contribution in [0.3, 0.4) is 0 Å². The third-order valence-electron chi connectivity index (χ3n) is 6.24. The highest BCUT2D eigenvalue weighted by Crippen LogP contribution is 2.29. The van der Waals surface area contributed by atoms with E-state index in [2.05, 4.69) is 41.4 Å². The molecule has 188 valence electrons. The zero-order valence-electron chi connectivity index (χ0n) is 19.7. The molecule has 4 aromatic rings. The van der Waals surface area contributed by atoms with Crippen LogP contribution in [0.1, 0.15) is 18.9 Å². The third-order valence-corrected chi connectivity index (χ3v) is 6.65. The van der Waals surface area contributed by atoms with Crippen molar-refractivity contribution in [2.24, 2.45) is 0 Å². The fourth-order valence-corrected chi connectivity index (χ4v) is 4.69. The third kappa shape index (κ3) is 5.10. The van der Waals surface area contributed by atoms with Crippen molar-refractivity contribution < 1.29 is 14.0 Å². The van der Waals surface area contributed by atoms with Crippen molar-refractivity contribution in [2.45, 2.75) is 32.1 Å². The summed E-state index contributed by atoms with van der Waals surface area (Å²) in [5.74, 6) is -0.865. The number of anilines is 1. The number of hydrogen-bond acceptors (Lipinski definition) is 7. The first-order valence-corrected chi connectivity index (χ1v) is 12.3. The number of alkyl halides is 1. The molecular weight excluding hydrogens is 543 g/mol. The molecule has 3 aromatic heterocycles. The summed E-state index contributed by atoms with van der Waals surface area (Å²) in [6.45, 7) is 1.40. The maximum atomic E-state index is 14.4. The predicted octanol–water partition coefficient (Wildman–Crippen LogP) is 3.62. The minimum atomic E-state index is -1.32. The second-order valence-corrected chi connectivity index (χ2v) is 9.68. The zero-order chi connectivity index (χ0) is 26.1. The van der Waals surface area contributed by atoms with Crippen LogP contribution in [-0.2, 0) is 16.1 Å². The van der Waals surface area contributed by atoms with Crippen LogP contribution < -0.4 is 5.32 Å². The van der Waals surface area contributed by atoms with Gasteiger partial charge in [-0.3, -0.25) is 14.9 Å². The minimum Gasteiger partial charge on any atom is -0.337 e. The van der Waals surface area contributed by atoms with Gasteiger partial charge in [0, 0.05) is 52.8 Å². The number of fused-ring (bicyclic) bond motifs is 1. The number of halogens is 2. The summed E-state index contributed by atoms with van der Waals surface area (Å²) >= 11 is 3.23. The highest BCUT2D eigenvalue weighted by Gasteiger charge is 2.40. The van der Waals surface area contributed by atoms with E-state index in [0.717, 1.165) is 22.0 Å². The Kier molecular flexibility index (Phi) is 6.74. The van der Waals surface area contributed by atoms with E-state index >= 15 is 0 Å². The smallest absolute Gasteiger partial charge is 0.249 e. The van der Waals surface area contributed by atoms with Crippen LogP contribution in [0, 0.1) is 5.41 Å². The summed E-state index contributed by atoms with van der Waals surface area (Å²) in [5.41, 5.74) is 3.56. The molecule has 1 aliphatic heterocycles. The van der Waals surface area contributed by atoms with Gasteiger partial charge >= 0.3 is 0 Å². The SMILES string of the molecule is CC(=N)c1cn(CC(=O)N2CC(F)CC2C(=O)Nc2ncc(Br)cn2)c2ccc(-c3ccnnc3)cc12. The number of amides is 2. The fraction of sp³-hybridized carbons (Fsp3) is 0.240. The highest BCUT2D eigenvalue weighted by molar-refractivity contribution is 9.10. The molecule has 2 unspecified atom stereocenters. The molecule has 2 N–H and O–H groups in total. The monoisotopic (exact) mass is 564 g/mol. The van der Waals surface area contributed by atoms with E-state index in [0.29, 0.717) is 15.7 Å². The van der Waals surface area contributed by atoms with Crippen molar-refractivity contribution in [1.82, 2.24) is 29.6 Å². The minimum absolute atomic E-state index is 0.0746. The van der Waals surface area contributed by atoms with Crippen LogP contribution in [0.2, 0.25) is 0 Å². The summed E-state index contributed by atoms with van der Waals surface area (Å²) in [7, 11) is 0. The quantitative estimate of drug-likeness (QED) is 0.344. The first kappa shape index (κ1) is 24.6. The molecule has 1 fully saturated rings. The van der Waals surface area contributed by atoms with E-state index in [-0.39, 0.29) is 25.5 Å². The molecule has 10 nitrogen and oxygen atoms in total. The number of benzene rings is 1. The van der Waals surface area contributed by atoms with Crippen LogP contribution >= 0.6 is 15.9 Å². The summed E-state index contributed by atoms with van der Waals surface area (Å²) in [6.07, 6.45) is 6.55. The Hall–Kier alpha value is -4.06. The number of likely N-dealkylation sites (tertiary alicyclic amines) is 1. The van der Waals surface area contributed by atoms with Crippen LogP contribution in [0.25, 0.3) is 22.0 Å². The lowest BCUT2D eigenvalue weighted by Gasteiger charge is -2.23. The molecule has 1 aliphatic rings. The van der Waals surface area contributed by atoms with Gasteiger partial charge < -0.3 is 14.9 Å². The van der Waals surface area contributed by atoms with Crippen molar-refractivity contribution in [3.05, 3.63) is 65.3 Å². The van der Waals surface area contributed by atoms with Crippen molar-refractivity contribution in [2.75, 3.05) is 11.9 Å². The Morgan fingerprint density at radius 3 is 2.65 bits per heavy atom. The second kappa shape index (κ2) is 10.1. The zero-order valence-corrected chi connectivity index (χ0v) is 21.3. The van der Waals surface area contributed by atoms with Gasteiger partial charge in [-0.05, 0) is 46.6 Å². The van der Waals surface area contributed by atoms with E-state index < -0.39 is 24.0 Å². The van der Waals surface area contributed by atoms with Gasteiger partial charge in [0.05, 0.1) is 23.4 Å². The average Bonchev–Trinajstić information content (AvgIpc) is 3.46. The van der Waals surface area contributed by atoms with Crippen molar-refractivity contribution in [3.63, 3.8) is 0 Å². The lowest BCUT2D eigenvalue weighted by molar-refractivity contribution is -0.137. The van der Waals surface area contributed by atoms with Crippen LogP contribution in [-0.4, -0.2) is 65.9 Å². The molecule has 0 bridgehead atoms. The second-order valence-electron chi connectivity index (χ2n) is 8.77. The standard InChI is InChI=1S/C25H22BrFN8O2/c1-14(28)20-12-34(21-3-2-15(6-19(20)21)16-4-5-31-32-8-16)13-23(36)35-11-18(27)7-22(35)24(37)33-25-29-9-17(26)10-30-25/h2-6,8-10,12,18,22,28H,7,11,13H2,1H3,(H,29,30,33,37). The lowest BCUT2D eigenvalue weighted by Crippen LogP contribution is -2.44. The van der Waals surface area contributed by atoms with Gasteiger partial charge in [0.15, 0.2) is 0 Å². The molecule has 0 radical (unpaired) electrons. The molecule has 0 spiro atoms. The van der Waals surface area contributed by atoms with Crippen LogP contribution in [0.5, 0.6) is 0 Å². The van der Waals surface area contributed by atoms with Crippen LogP contribution in [0.15, 0.2) is 59.7 Å². The van der Waals surface area contributed by atoms with Crippen LogP contribution in [0.4, 0.5) is 10.3 Å². The van der Waals surface area contributed by atoms with E-state index in [9.17, 15) is 14.0 Å². The Bertz CT molecular complexity index is 1490. The van der Waals surface area contributed by atoms with Gasteiger partial charge in [-0.15, -0.1) is 0 Å². The largest absolute Gasteiger partial charge is 0.337 e. The molecular formula is C25H22BrFN8O2. The number of carbonyl (C=O) groups is 2. The molecule has 0 aliphatic carbocycles. The van der Waals surface area contributed by atoms with Gasteiger partial charge in [-0.2, -0.15) is 10.2 Å². The van der Waals surface area contributed by atoms with Gasteiger partial charge in [0.2, 0.25) is 17.8 Å². The van der Waals surface area contributed by atoms with E-state index in [4.69, 9.17) is 5.41 Å². The molecule has 5 rings (SSSR count). The lowest BCUT2D eigenvalue weighted by atomic mass is 10.0. The predicted molar refractivity (Wildman–Crippen MR) is 139 cm³/mol. The molecule has 0 saturated carbocycles. The van der Waals surface area contributed by atoms with Crippen molar-refractivity contribution in [3.8, 4) is 11.1 Å². The first-order valence-electron chi connectivity index (χ1n) is 11.5. The average molecular weight is 565 g/mol. The Morgan fingerprint density at radius 2 is 1.95 bits per heavy atom. The molecule has 1 saturated heterocycles. The molecule has 12 heteroatoms. The normalized spacial score (nSPS) is 17.2. The topological polar surface area (TPSA) is 130 Å². The van der Waals surface area contributed by atoms with Crippen molar-refractivity contribution in [1.29, 1.82) is 5.41 Å². The van der Waals surface area contributed by atoms with E-state index in [1.54, 1.807) is 30.1 Å². The van der Waals surface area contributed by atoms with Gasteiger partial charge in [0.25, 0.3) is 0 Å². The Balaban J connectivity index is 1.40. The summed E-state index contributed by atoms with van der Waals surface area (Å²) < 4.78 is 16.8. The number of nitrogens with zero attached hydrogens (tertiary/aromatic N) is 6. The molecule has 1 aromatic carbocycles. The highest BCUT2D eigenvalue weighted by atomic mass is 79.9. The van der Waals surface area contributed by atoms with Crippen molar-refractivity contribution >= 4 is 50.3 Å². The Morgan fingerprint density at radius 1 is 1.16 bits per heavy atom. The first-order chi connectivity index (χ1) is 17.8. The maximum Gasteiger partial charge on any atom is 0.249 e. The summed E-state index contributed by atoms with van der Waals surface area (Å²) in [4.78, 5) is 35.5. The summed E-state index contributed by atoms with van der Waals surface area (Å²) in [5, 5.41) is 19.3. The molecule has 4 heterocycles. The van der Waals surface area contributed by atoms with E-state index in [1.807, 2.05) is 24.3 Å². The van der Waals surface area contributed by atoms with Gasteiger partial charge in [0.1, 0.15) is 18.8 Å². The summed E-state index contributed by atoms with van der Waals surface area (Å²) in [6, 6.07) is 6.60. The Labute approximate surface area is 219 Å². The molecule has 37 heavy (non-hydrogen) atoms. The number of aromatic nitrogens is 5.